The van der Waals surface area contributed by atoms with Crippen LogP contribution in [0.3, 0.4) is 0 Å². The number of anilines is 2. The molecule has 0 spiro atoms. The van der Waals surface area contributed by atoms with E-state index in [1.165, 1.54) is 9.80 Å². The van der Waals surface area contributed by atoms with Crippen LogP contribution in [0.4, 0.5) is 11.5 Å². The van der Waals surface area contributed by atoms with Crippen molar-refractivity contribution < 1.29 is 14.4 Å². The van der Waals surface area contributed by atoms with E-state index < -0.39 is 0 Å². The van der Waals surface area contributed by atoms with Crippen molar-refractivity contribution >= 4 is 29.2 Å². The summed E-state index contributed by atoms with van der Waals surface area (Å²) in [7, 11) is 3.76. The zero-order chi connectivity index (χ0) is 26.8. The lowest BCUT2D eigenvalue weighted by Crippen LogP contribution is -2.43. The fourth-order valence-corrected chi connectivity index (χ4v) is 5.02. The van der Waals surface area contributed by atoms with Crippen LogP contribution in [-0.2, 0) is 11.3 Å². The summed E-state index contributed by atoms with van der Waals surface area (Å²) in [6, 6.07) is 16.4. The van der Waals surface area contributed by atoms with Gasteiger partial charge in [0, 0.05) is 31.4 Å². The number of nitrogens with two attached hydrogens (primary N) is 1. The van der Waals surface area contributed by atoms with Gasteiger partial charge >= 0.3 is 0 Å². The van der Waals surface area contributed by atoms with Crippen LogP contribution in [0.2, 0.25) is 0 Å². The Morgan fingerprint density at radius 1 is 1.03 bits per heavy atom. The number of amides is 3. The van der Waals surface area contributed by atoms with Crippen LogP contribution in [0.15, 0.2) is 60.8 Å². The van der Waals surface area contributed by atoms with Crippen LogP contribution < -0.4 is 16.0 Å². The molecule has 9 nitrogen and oxygen atoms in total. The van der Waals surface area contributed by atoms with E-state index >= 15 is 0 Å². The van der Waals surface area contributed by atoms with Gasteiger partial charge in [-0.2, -0.15) is 0 Å². The van der Waals surface area contributed by atoms with Crippen molar-refractivity contribution in [2.45, 2.75) is 25.4 Å². The Kier molecular flexibility index (Phi) is 7.11. The molecule has 2 aromatic carbocycles. The van der Waals surface area contributed by atoms with Crippen molar-refractivity contribution in [3.63, 3.8) is 0 Å². The molecule has 0 atom stereocenters. The molecule has 0 radical (unpaired) electrons. The summed E-state index contributed by atoms with van der Waals surface area (Å²) in [6.07, 6.45) is 3.48. The van der Waals surface area contributed by atoms with E-state index in [0.717, 1.165) is 42.6 Å². The third-order valence-electron chi connectivity index (χ3n) is 7.31. The van der Waals surface area contributed by atoms with Crippen molar-refractivity contribution in [1.82, 2.24) is 20.1 Å². The van der Waals surface area contributed by atoms with Crippen molar-refractivity contribution in [3.8, 4) is 11.1 Å². The Hall–Kier alpha value is -4.24. The quantitative estimate of drug-likeness (QED) is 0.544. The Labute approximate surface area is 222 Å². The number of carbonyl (C=O) groups is 3. The molecule has 1 fully saturated rings. The summed E-state index contributed by atoms with van der Waals surface area (Å²) >= 11 is 0. The molecule has 0 aliphatic carbocycles. The van der Waals surface area contributed by atoms with Gasteiger partial charge in [-0.25, -0.2) is 4.98 Å². The van der Waals surface area contributed by atoms with Crippen molar-refractivity contribution in [2.75, 3.05) is 44.4 Å². The molecule has 3 aromatic rings. The van der Waals surface area contributed by atoms with E-state index in [4.69, 9.17) is 5.73 Å². The predicted molar refractivity (Wildman–Crippen MR) is 147 cm³/mol. The molecule has 3 N–H and O–H groups in total. The molecule has 0 bridgehead atoms. The largest absolute Gasteiger partial charge is 0.384 e. The maximum absolute atomic E-state index is 13.6. The maximum atomic E-state index is 13.6. The number of nitrogens with zero attached hydrogens (tertiary/aromatic N) is 4. The minimum atomic E-state index is -0.236. The maximum Gasteiger partial charge on any atom is 0.256 e. The van der Waals surface area contributed by atoms with Gasteiger partial charge in [0.1, 0.15) is 12.4 Å². The highest BCUT2D eigenvalue weighted by Gasteiger charge is 2.30. The third kappa shape index (κ3) is 5.38. The van der Waals surface area contributed by atoms with Crippen molar-refractivity contribution in [1.29, 1.82) is 0 Å². The van der Waals surface area contributed by atoms with Gasteiger partial charge in [-0.05, 0) is 86.1 Å². The smallest absolute Gasteiger partial charge is 0.256 e. The Bertz CT molecular complexity index is 1380. The number of benzene rings is 2. The van der Waals surface area contributed by atoms with E-state index in [1.54, 1.807) is 37.5 Å². The number of fused-ring (bicyclic) bond motifs is 1. The first-order valence-electron chi connectivity index (χ1n) is 12.8. The number of pyridine rings is 1. The molecule has 3 amide bonds. The van der Waals surface area contributed by atoms with E-state index in [1.807, 2.05) is 30.3 Å². The Morgan fingerprint density at radius 3 is 2.55 bits per heavy atom. The van der Waals surface area contributed by atoms with E-state index in [2.05, 4.69) is 22.2 Å². The van der Waals surface area contributed by atoms with Gasteiger partial charge < -0.3 is 25.8 Å². The normalized spacial score (nSPS) is 16.8. The van der Waals surface area contributed by atoms with Gasteiger partial charge in [-0.15, -0.1) is 0 Å². The minimum absolute atomic E-state index is 0.0619. The number of nitrogen functional groups attached to an aromatic ring is 1. The second-order valence-corrected chi connectivity index (χ2v) is 10.1. The number of rotatable bonds is 5. The molecule has 0 saturated carbocycles. The zero-order valence-corrected chi connectivity index (χ0v) is 21.7. The van der Waals surface area contributed by atoms with Crippen molar-refractivity contribution in [2.24, 2.45) is 0 Å². The predicted octanol–water partition coefficient (Wildman–Crippen LogP) is 2.77. The molecule has 0 unspecified atom stereocenters. The minimum Gasteiger partial charge on any atom is -0.384 e. The van der Waals surface area contributed by atoms with Crippen LogP contribution in [0.1, 0.15) is 39.1 Å². The second-order valence-electron chi connectivity index (χ2n) is 10.1. The van der Waals surface area contributed by atoms with E-state index in [9.17, 15) is 14.4 Å². The van der Waals surface area contributed by atoms with Gasteiger partial charge in [-0.1, -0.05) is 18.2 Å². The summed E-state index contributed by atoms with van der Waals surface area (Å²) in [6.45, 7) is 2.08. The number of piperidine rings is 1. The first-order chi connectivity index (χ1) is 18.3. The van der Waals surface area contributed by atoms with E-state index in [-0.39, 0.29) is 36.9 Å². The number of nitrogens with one attached hydrogen (secondary N) is 1. The number of likely N-dealkylation sites (tertiary alicyclic amines) is 1. The molecule has 38 heavy (non-hydrogen) atoms. The van der Waals surface area contributed by atoms with Crippen LogP contribution in [0.25, 0.3) is 11.1 Å². The average Bonchev–Trinajstić information content (AvgIpc) is 3.00. The van der Waals surface area contributed by atoms with Crippen LogP contribution in [0, 0.1) is 0 Å². The summed E-state index contributed by atoms with van der Waals surface area (Å²) in [4.78, 5) is 48.9. The topological polar surface area (TPSA) is 112 Å². The standard InChI is InChI=1S/C29H32N6O3/c1-33-12-9-23(10-13-33)32-28(37)22-5-3-4-19(14-22)17-35-18-27(36)34(2)25-15-20(6-7-24(25)29(35)38)21-8-11-31-26(30)16-21/h3-8,11,14-16,23H,9-10,12-13,17-18H2,1-2H3,(H2,30,31)(H,32,37). The molecule has 5 rings (SSSR count). The SMILES string of the molecule is CN1CCC(NC(=O)c2cccc(CN3CC(=O)N(C)c4cc(-c5ccnc(N)c5)ccc4C3=O)c2)CC1. The molecule has 9 heteroatoms. The molecular weight excluding hydrogens is 480 g/mol. The summed E-state index contributed by atoms with van der Waals surface area (Å²) in [5.74, 6) is -0.153. The highest BCUT2D eigenvalue weighted by atomic mass is 16.2. The lowest BCUT2D eigenvalue weighted by atomic mass is 10.0. The molecule has 2 aliphatic rings. The monoisotopic (exact) mass is 512 g/mol. The summed E-state index contributed by atoms with van der Waals surface area (Å²) in [5.41, 5.74) is 9.85. The van der Waals surface area contributed by atoms with Crippen LogP contribution >= 0.6 is 0 Å². The lowest BCUT2D eigenvalue weighted by Gasteiger charge is -2.29. The molecule has 1 saturated heterocycles. The fraction of sp³-hybridized carbons (Fsp3) is 0.310. The van der Waals surface area contributed by atoms with Gasteiger partial charge in [0.15, 0.2) is 0 Å². The molecule has 3 heterocycles. The van der Waals surface area contributed by atoms with Crippen LogP contribution in [0.5, 0.6) is 0 Å². The Morgan fingerprint density at radius 2 is 1.79 bits per heavy atom. The van der Waals surface area contributed by atoms with Gasteiger partial charge in [-0.3, -0.25) is 14.4 Å². The van der Waals surface area contributed by atoms with Crippen molar-refractivity contribution in [3.05, 3.63) is 77.5 Å². The average molecular weight is 513 g/mol. The molecule has 2 aliphatic heterocycles. The summed E-state index contributed by atoms with van der Waals surface area (Å²) in [5, 5.41) is 3.13. The number of hydrogen-bond donors (Lipinski definition) is 2. The van der Waals surface area contributed by atoms with Gasteiger partial charge in [0.25, 0.3) is 11.8 Å². The van der Waals surface area contributed by atoms with Crippen LogP contribution in [-0.4, -0.2) is 72.3 Å². The van der Waals surface area contributed by atoms with Gasteiger partial charge in [0.05, 0.1) is 11.3 Å². The number of aromatic nitrogens is 1. The van der Waals surface area contributed by atoms with E-state index in [0.29, 0.717) is 22.6 Å². The number of hydrogen-bond acceptors (Lipinski definition) is 6. The summed E-state index contributed by atoms with van der Waals surface area (Å²) < 4.78 is 0. The molecule has 1 aromatic heterocycles. The molecular formula is C29H32N6O3. The van der Waals surface area contributed by atoms with Gasteiger partial charge in [0.2, 0.25) is 5.91 Å². The second kappa shape index (κ2) is 10.6. The highest BCUT2D eigenvalue weighted by Crippen LogP contribution is 2.31. The number of carbonyl (C=O) groups excluding carboxylic acids is 3. The lowest BCUT2D eigenvalue weighted by molar-refractivity contribution is -0.118. The Balaban J connectivity index is 1.35. The highest BCUT2D eigenvalue weighted by molar-refractivity contribution is 6.10. The zero-order valence-electron chi connectivity index (χ0n) is 21.7. The molecule has 196 valence electrons. The first kappa shape index (κ1) is 25.4. The number of likely N-dealkylation sites (N-methyl/N-ethyl adjacent to an activating group) is 1. The first-order valence-corrected chi connectivity index (χ1v) is 12.8. The third-order valence-corrected chi connectivity index (χ3v) is 7.31. The fourth-order valence-electron chi connectivity index (χ4n) is 5.02.